The second-order valence-electron chi connectivity index (χ2n) is 6.64. The minimum Gasteiger partial charge on any atom is -0.481 e. The lowest BCUT2D eigenvalue weighted by atomic mass is 10.1. The number of rotatable bonds is 8. The number of halogens is 7. The summed E-state index contributed by atoms with van der Waals surface area (Å²) in [6, 6.07) is 4.24. The summed E-state index contributed by atoms with van der Waals surface area (Å²) in [7, 11) is -3.83. The Hall–Kier alpha value is -3.42. The lowest BCUT2D eigenvalue weighted by Gasteiger charge is -2.12. The summed E-state index contributed by atoms with van der Waals surface area (Å²) >= 11 is 11.8. The Morgan fingerprint density at radius 1 is 0.917 bits per heavy atom. The summed E-state index contributed by atoms with van der Waals surface area (Å²) in [6.45, 7) is 0. The van der Waals surface area contributed by atoms with E-state index in [0.717, 1.165) is 18.2 Å². The van der Waals surface area contributed by atoms with Gasteiger partial charge in [0.1, 0.15) is 4.90 Å². The summed E-state index contributed by atoms with van der Waals surface area (Å²) in [6.07, 6.45) is 2.93. The van der Waals surface area contributed by atoms with Crippen molar-refractivity contribution < 1.29 is 44.1 Å². The standard InChI is InChI=1S/C21H11Cl2F5N2O5S/c1-34-21-10(7-12(22)20(23)30-21)3-2-9-6-11(4-5-13(9)29-8-31)36(32,33)35-19-17(27)15(25)14(24)16(26)18(19)28/h2-8H,1H3,(H,29,31)/b3-2-. The van der Waals surface area contributed by atoms with Crippen molar-refractivity contribution in [3.8, 4) is 11.6 Å². The van der Waals surface area contributed by atoms with Gasteiger partial charge in [0.25, 0.3) is 0 Å². The van der Waals surface area contributed by atoms with E-state index in [9.17, 15) is 35.2 Å². The number of hydrogen-bond acceptors (Lipinski definition) is 6. The third kappa shape index (κ3) is 5.37. The summed E-state index contributed by atoms with van der Waals surface area (Å²) < 4.78 is 103. The first-order valence-electron chi connectivity index (χ1n) is 9.29. The number of pyridine rings is 1. The van der Waals surface area contributed by atoms with E-state index in [2.05, 4.69) is 14.5 Å². The average Bonchev–Trinajstić information content (AvgIpc) is 2.85. The van der Waals surface area contributed by atoms with Gasteiger partial charge in [-0.25, -0.2) is 13.2 Å². The van der Waals surface area contributed by atoms with Crippen molar-refractivity contribution in [3.05, 3.63) is 74.7 Å². The van der Waals surface area contributed by atoms with Gasteiger partial charge >= 0.3 is 10.1 Å². The SMILES string of the molecule is COc1nc(Cl)c(Cl)cc1/C=C\c1cc(S(=O)(=O)Oc2c(F)c(F)c(F)c(F)c2F)ccc1NC=O. The maximum Gasteiger partial charge on any atom is 0.339 e. The number of anilines is 1. The number of nitrogens with one attached hydrogen (secondary N) is 1. The lowest BCUT2D eigenvalue weighted by Crippen LogP contribution is -2.15. The zero-order valence-corrected chi connectivity index (χ0v) is 19.9. The predicted octanol–water partition coefficient (Wildman–Crippen LogP) is 5.60. The third-order valence-electron chi connectivity index (χ3n) is 4.45. The smallest absolute Gasteiger partial charge is 0.339 e. The Balaban J connectivity index is 2.08. The Kier molecular flexibility index (Phi) is 8.06. The monoisotopic (exact) mass is 568 g/mol. The van der Waals surface area contributed by atoms with Crippen molar-refractivity contribution in [1.82, 2.24) is 4.98 Å². The van der Waals surface area contributed by atoms with E-state index in [-0.39, 0.29) is 39.3 Å². The molecule has 0 saturated heterocycles. The van der Waals surface area contributed by atoms with Gasteiger partial charge in [-0.1, -0.05) is 29.3 Å². The molecule has 0 aliphatic carbocycles. The van der Waals surface area contributed by atoms with Gasteiger partial charge in [-0.15, -0.1) is 0 Å². The molecule has 0 radical (unpaired) electrons. The first-order valence-corrected chi connectivity index (χ1v) is 11.5. The fourth-order valence-corrected chi connectivity index (χ4v) is 4.03. The first kappa shape index (κ1) is 27.2. The number of aromatic nitrogens is 1. The van der Waals surface area contributed by atoms with Crippen LogP contribution in [0.5, 0.6) is 11.6 Å². The van der Waals surface area contributed by atoms with Gasteiger partial charge in [-0.2, -0.15) is 22.2 Å². The number of benzene rings is 2. The van der Waals surface area contributed by atoms with Gasteiger partial charge < -0.3 is 14.2 Å². The number of ether oxygens (including phenoxy) is 1. The molecule has 2 aromatic carbocycles. The molecular formula is C21H11Cl2F5N2O5S. The largest absolute Gasteiger partial charge is 0.481 e. The van der Waals surface area contributed by atoms with E-state index in [1.807, 2.05) is 0 Å². The highest BCUT2D eigenvalue weighted by Gasteiger charge is 2.31. The molecule has 1 N–H and O–H groups in total. The van der Waals surface area contributed by atoms with Gasteiger partial charge in [0.2, 0.25) is 47.1 Å². The van der Waals surface area contributed by atoms with Crippen LogP contribution in [0, 0.1) is 29.1 Å². The highest BCUT2D eigenvalue weighted by atomic mass is 35.5. The highest BCUT2D eigenvalue weighted by molar-refractivity contribution is 7.87. The van der Waals surface area contributed by atoms with E-state index in [0.29, 0.717) is 0 Å². The van der Waals surface area contributed by atoms with Crippen LogP contribution in [0.4, 0.5) is 27.6 Å². The maximum atomic E-state index is 13.9. The van der Waals surface area contributed by atoms with Crippen LogP contribution in [0.15, 0.2) is 29.2 Å². The molecular weight excluding hydrogens is 558 g/mol. The van der Waals surface area contributed by atoms with Crippen LogP contribution in [0.25, 0.3) is 12.2 Å². The van der Waals surface area contributed by atoms with Crippen LogP contribution in [-0.4, -0.2) is 26.9 Å². The van der Waals surface area contributed by atoms with Crippen molar-refractivity contribution in [1.29, 1.82) is 0 Å². The first-order chi connectivity index (χ1) is 16.9. The normalized spacial score (nSPS) is 11.6. The maximum absolute atomic E-state index is 13.9. The van der Waals surface area contributed by atoms with Crippen molar-refractivity contribution in [3.63, 3.8) is 0 Å². The number of carbonyl (C=O) groups excluding carboxylic acids is 1. The molecule has 7 nitrogen and oxygen atoms in total. The van der Waals surface area contributed by atoms with Crippen molar-refractivity contribution in [2.24, 2.45) is 0 Å². The molecule has 0 saturated carbocycles. The lowest BCUT2D eigenvalue weighted by molar-refractivity contribution is -0.105. The molecule has 0 atom stereocenters. The predicted molar refractivity (Wildman–Crippen MR) is 120 cm³/mol. The minimum atomic E-state index is -5.13. The van der Waals surface area contributed by atoms with E-state index in [4.69, 9.17) is 27.9 Å². The molecule has 190 valence electrons. The van der Waals surface area contributed by atoms with Crippen molar-refractivity contribution >= 4 is 57.6 Å². The topological polar surface area (TPSA) is 94.6 Å². The van der Waals surface area contributed by atoms with Gasteiger partial charge in [-0.3, -0.25) is 4.79 Å². The molecule has 0 spiro atoms. The second-order valence-corrected chi connectivity index (χ2v) is 8.95. The van der Waals surface area contributed by atoms with Crippen LogP contribution in [0.3, 0.4) is 0 Å². The van der Waals surface area contributed by atoms with E-state index in [1.54, 1.807) is 0 Å². The quantitative estimate of drug-likeness (QED) is 0.0949. The summed E-state index contributed by atoms with van der Waals surface area (Å²) in [5, 5.41) is 2.32. The van der Waals surface area contributed by atoms with Crippen molar-refractivity contribution in [2.45, 2.75) is 4.90 Å². The summed E-state index contributed by atoms with van der Waals surface area (Å²) in [5.41, 5.74) is 0.371. The fraction of sp³-hybridized carbons (Fsp3) is 0.0476. The molecule has 0 aliphatic rings. The Morgan fingerprint density at radius 2 is 1.50 bits per heavy atom. The van der Waals surface area contributed by atoms with E-state index >= 15 is 0 Å². The Morgan fingerprint density at radius 3 is 2.08 bits per heavy atom. The van der Waals surface area contributed by atoms with Crippen LogP contribution >= 0.6 is 23.2 Å². The zero-order chi connectivity index (χ0) is 26.8. The minimum absolute atomic E-state index is 0.0114. The summed E-state index contributed by atoms with van der Waals surface area (Å²) in [4.78, 5) is 14.1. The molecule has 0 bridgehead atoms. The number of methoxy groups -OCH3 is 1. The van der Waals surface area contributed by atoms with Gasteiger partial charge in [0.05, 0.1) is 12.1 Å². The van der Waals surface area contributed by atoms with Gasteiger partial charge in [0.15, 0.2) is 5.15 Å². The van der Waals surface area contributed by atoms with E-state index < -0.39 is 49.8 Å². The molecule has 15 heteroatoms. The molecule has 1 aromatic heterocycles. The van der Waals surface area contributed by atoms with Gasteiger partial charge in [0, 0.05) is 11.3 Å². The Labute approximate surface area is 210 Å². The molecule has 1 heterocycles. The summed E-state index contributed by atoms with van der Waals surface area (Å²) in [5.74, 6) is -14.2. The number of hydrogen-bond donors (Lipinski definition) is 1. The van der Waals surface area contributed by atoms with Crippen LogP contribution in [0.1, 0.15) is 11.1 Å². The van der Waals surface area contributed by atoms with E-state index in [1.165, 1.54) is 25.3 Å². The van der Waals surface area contributed by atoms with Gasteiger partial charge in [-0.05, 0) is 35.9 Å². The highest BCUT2D eigenvalue weighted by Crippen LogP contribution is 2.33. The number of amides is 1. The number of nitrogens with zero attached hydrogens (tertiary/aromatic N) is 1. The second kappa shape index (κ2) is 10.7. The molecule has 0 unspecified atom stereocenters. The third-order valence-corrected chi connectivity index (χ3v) is 6.34. The number of carbonyl (C=O) groups is 1. The molecule has 3 aromatic rings. The zero-order valence-electron chi connectivity index (χ0n) is 17.6. The van der Waals surface area contributed by atoms with Crippen LogP contribution in [0.2, 0.25) is 10.2 Å². The van der Waals surface area contributed by atoms with Crippen LogP contribution in [-0.2, 0) is 14.9 Å². The molecule has 36 heavy (non-hydrogen) atoms. The molecule has 3 rings (SSSR count). The average molecular weight is 569 g/mol. The van der Waals surface area contributed by atoms with Crippen molar-refractivity contribution in [2.75, 3.05) is 12.4 Å². The molecule has 0 fully saturated rings. The fourth-order valence-electron chi connectivity index (χ4n) is 2.77. The molecule has 1 amide bonds. The van der Waals surface area contributed by atoms with Crippen LogP contribution < -0.4 is 14.2 Å². The molecule has 0 aliphatic heterocycles. The Bertz CT molecular complexity index is 1470.